The maximum absolute atomic E-state index is 13.8. The van der Waals surface area contributed by atoms with Crippen LogP contribution in [0.25, 0.3) is 11.1 Å². The minimum absolute atomic E-state index is 0.0472. The first kappa shape index (κ1) is 66.6. The van der Waals surface area contributed by atoms with Crippen molar-refractivity contribution >= 4 is 77.1 Å². The van der Waals surface area contributed by atoms with Gasteiger partial charge in [0.25, 0.3) is 0 Å². The molecule has 0 fully saturated rings. The van der Waals surface area contributed by atoms with Crippen LogP contribution in [0.15, 0.2) is 48.5 Å². The summed E-state index contributed by atoms with van der Waals surface area (Å²) in [6.45, 7) is 0.0304. The van der Waals surface area contributed by atoms with Crippen LogP contribution in [0.4, 0.5) is 4.79 Å². The molecule has 0 bridgehead atoms. The van der Waals surface area contributed by atoms with E-state index in [1.807, 2.05) is 48.5 Å². The topological polar surface area (TPSA) is 305 Å². The smallest absolute Gasteiger partial charge is 0.407 e. The third kappa shape index (κ3) is 20.8. The Bertz CT molecular complexity index is 2650. The average molecular weight is 1140 g/mol. The molecule has 1 aliphatic rings. The summed E-state index contributed by atoms with van der Waals surface area (Å²) < 4.78 is 11.1. The Morgan fingerprint density at radius 3 is 1.04 bits per heavy atom. The van der Waals surface area contributed by atoms with Gasteiger partial charge in [-0.3, -0.25) is 57.5 Å². The molecule has 1 aliphatic carbocycles. The standard InChI is InChI=1S/C54H77N11O16/c1-54(2,3)81-51(77)23-22-40(55-53(79)80-34-39-37-20-16-14-18-35(37)36-19-15-17-21-38(36)39)52(78)65(13)32-49(74)63(11)30-47(72)61(9)28-45(70)59(7)26-43(68)57(5)24-41(66)56(4)25-42(67)58(6)27-44(69)60(8)29-46(71)62(10)31-48(73)64(12)33-50(75)76/h14-21,39-40H,22-34H2,1-13H3,(H,55,79)(H,75,76)/t40-/m0/s1. The fourth-order valence-electron chi connectivity index (χ4n) is 7.95. The number of ether oxygens (including phenoxy) is 2. The van der Waals surface area contributed by atoms with Crippen LogP contribution in [-0.2, 0) is 67.0 Å². The Balaban J connectivity index is 1.47. The molecule has 81 heavy (non-hydrogen) atoms. The summed E-state index contributed by atoms with van der Waals surface area (Å²) in [5.74, 6) is -8.75. The van der Waals surface area contributed by atoms with Crippen LogP contribution in [0, 0.1) is 0 Å². The lowest BCUT2D eigenvalue weighted by Crippen LogP contribution is -2.51. The number of amides is 11. The maximum Gasteiger partial charge on any atom is 0.407 e. The molecule has 0 unspecified atom stereocenters. The number of hydrogen-bond acceptors (Lipinski definition) is 15. The molecular weight excluding hydrogens is 1060 g/mol. The van der Waals surface area contributed by atoms with Gasteiger partial charge in [-0.2, -0.15) is 0 Å². The molecule has 3 rings (SSSR count). The Labute approximate surface area is 471 Å². The highest BCUT2D eigenvalue weighted by Crippen LogP contribution is 2.44. The van der Waals surface area contributed by atoms with Gasteiger partial charge in [0.1, 0.15) is 24.8 Å². The first-order valence-corrected chi connectivity index (χ1v) is 25.7. The van der Waals surface area contributed by atoms with Gasteiger partial charge in [-0.25, -0.2) is 4.79 Å². The van der Waals surface area contributed by atoms with E-state index >= 15 is 0 Å². The Morgan fingerprint density at radius 1 is 0.457 bits per heavy atom. The second-order valence-electron chi connectivity index (χ2n) is 21.0. The van der Waals surface area contributed by atoms with Crippen LogP contribution in [-0.4, -0.2) is 285 Å². The third-order valence-electron chi connectivity index (χ3n) is 12.9. The van der Waals surface area contributed by atoms with Crippen molar-refractivity contribution in [3.63, 3.8) is 0 Å². The van der Waals surface area contributed by atoms with Crippen molar-refractivity contribution in [3.05, 3.63) is 59.7 Å². The van der Waals surface area contributed by atoms with Gasteiger partial charge in [0.2, 0.25) is 59.1 Å². The number of fused-ring (bicyclic) bond motifs is 3. The zero-order chi connectivity index (χ0) is 61.2. The molecule has 0 saturated heterocycles. The number of nitrogens with zero attached hydrogens (tertiary/aromatic N) is 10. The quantitative estimate of drug-likeness (QED) is 0.0981. The zero-order valence-electron chi connectivity index (χ0n) is 48.5. The molecule has 0 saturated carbocycles. The molecule has 11 amide bonds. The second-order valence-corrected chi connectivity index (χ2v) is 21.0. The number of likely N-dealkylation sites (N-methyl/N-ethyl adjacent to an activating group) is 10. The fraction of sp³-hybridized carbons (Fsp3) is 0.537. The average Bonchev–Trinajstić information content (AvgIpc) is 3.70. The maximum atomic E-state index is 13.8. The van der Waals surface area contributed by atoms with E-state index in [0.29, 0.717) is 0 Å². The van der Waals surface area contributed by atoms with Crippen molar-refractivity contribution < 1.29 is 76.9 Å². The number of carboxylic acid groups (broad SMARTS) is 1. The van der Waals surface area contributed by atoms with Gasteiger partial charge in [0.15, 0.2) is 0 Å². The molecule has 444 valence electrons. The van der Waals surface area contributed by atoms with Gasteiger partial charge in [-0.1, -0.05) is 48.5 Å². The van der Waals surface area contributed by atoms with Crippen molar-refractivity contribution in [2.75, 3.05) is 143 Å². The summed E-state index contributed by atoms with van der Waals surface area (Å²) in [6.07, 6.45) is -1.37. The number of rotatable bonds is 27. The Hall–Kier alpha value is -8.65. The predicted molar refractivity (Wildman–Crippen MR) is 291 cm³/mol. The molecule has 1 atom stereocenters. The molecular formula is C54H77N11O16. The van der Waals surface area contributed by atoms with Gasteiger partial charge in [-0.15, -0.1) is 0 Å². The van der Waals surface area contributed by atoms with Crippen molar-refractivity contribution in [2.24, 2.45) is 0 Å². The number of nitrogens with one attached hydrogen (secondary N) is 1. The second kappa shape index (κ2) is 30.1. The zero-order valence-corrected chi connectivity index (χ0v) is 48.5. The van der Waals surface area contributed by atoms with Crippen LogP contribution in [0.5, 0.6) is 0 Å². The van der Waals surface area contributed by atoms with Crippen molar-refractivity contribution in [3.8, 4) is 11.1 Å². The molecule has 0 aliphatic heterocycles. The number of carbonyl (C=O) groups is 13. The van der Waals surface area contributed by atoms with Gasteiger partial charge >= 0.3 is 18.0 Å². The monoisotopic (exact) mass is 1140 g/mol. The van der Waals surface area contributed by atoms with E-state index in [1.165, 1.54) is 70.5 Å². The van der Waals surface area contributed by atoms with Crippen molar-refractivity contribution in [2.45, 2.75) is 51.2 Å². The summed E-state index contributed by atoms with van der Waals surface area (Å²) in [5.41, 5.74) is 3.17. The summed E-state index contributed by atoms with van der Waals surface area (Å²) in [7, 11) is 13.0. The van der Waals surface area contributed by atoms with E-state index in [0.717, 1.165) is 71.3 Å². The van der Waals surface area contributed by atoms with Crippen LogP contribution in [0.2, 0.25) is 0 Å². The highest BCUT2D eigenvalue weighted by Gasteiger charge is 2.33. The van der Waals surface area contributed by atoms with Gasteiger partial charge in [0.05, 0.1) is 58.9 Å². The van der Waals surface area contributed by atoms with Gasteiger partial charge in [-0.05, 0) is 49.4 Å². The first-order valence-electron chi connectivity index (χ1n) is 25.7. The number of hydrogen-bond donors (Lipinski definition) is 2. The van der Waals surface area contributed by atoms with Crippen molar-refractivity contribution in [1.82, 2.24) is 54.3 Å². The largest absolute Gasteiger partial charge is 0.480 e. The number of carboxylic acids is 1. The van der Waals surface area contributed by atoms with E-state index < -0.39 is 154 Å². The highest BCUT2D eigenvalue weighted by atomic mass is 16.6. The highest BCUT2D eigenvalue weighted by molar-refractivity contribution is 5.94. The number of carbonyl (C=O) groups excluding carboxylic acids is 12. The number of alkyl carbamates (subject to hydrolysis) is 1. The molecule has 0 radical (unpaired) electrons. The van der Waals surface area contributed by atoms with E-state index in [-0.39, 0.29) is 25.4 Å². The SMILES string of the molecule is CN(CC(=O)O)C(=O)CN(C)C(=O)CN(C)C(=O)CN(C)C(=O)CN(C)C(=O)CN(C)C(=O)CN(C)C(=O)CN(C)C(=O)CN(C)C(=O)CN(C)C(=O)[C@H](CCC(=O)OC(C)(C)C)NC(=O)OCC1c2ccccc2-c2ccccc21. The lowest BCUT2D eigenvalue weighted by atomic mass is 9.98. The number of aliphatic carboxylic acids is 1. The van der Waals surface area contributed by atoms with Crippen LogP contribution >= 0.6 is 0 Å². The first-order chi connectivity index (χ1) is 37.7. The van der Waals surface area contributed by atoms with E-state index in [1.54, 1.807) is 20.8 Å². The molecule has 27 nitrogen and oxygen atoms in total. The fourth-order valence-corrected chi connectivity index (χ4v) is 7.95. The molecule has 0 spiro atoms. The molecule has 2 aromatic rings. The third-order valence-corrected chi connectivity index (χ3v) is 12.9. The van der Waals surface area contributed by atoms with Crippen LogP contribution in [0.1, 0.15) is 50.7 Å². The van der Waals surface area contributed by atoms with Crippen LogP contribution in [0.3, 0.4) is 0 Å². The summed E-state index contributed by atoms with van der Waals surface area (Å²) in [4.78, 5) is 177. The van der Waals surface area contributed by atoms with E-state index in [9.17, 15) is 62.3 Å². The predicted octanol–water partition coefficient (Wildman–Crippen LogP) is -1.32. The lowest BCUT2D eigenvalue weighted by Gasteiger charge is -2.28. The van der Waals surface area contributed by atoms with Gasteiger partial charge < -0.3 is 68.9 Å². The summed E-state index contributed by atoms with van der Waals surface area (Å²) >= 11 is 0. The molecule has 0 aromatic heterocycles. The van der Waals surface area contributed by atoms with Crippen LogP contribution < -0.4 is 5.32 Å². The molecule has 2 aromatic carbocycles. The molecule has 27 heteroatoms. The van der Waals surface area contributed by atoms with Gasteiger partial charge in [0, 0.05) is 82.8 Å². The Kier molecular flexibility index (Phi) is 24.7. The number of esters is 1. The van der Waals surface area contributed by atoms with Crippen molar-refractivity contribution in [1.29, 1.82) is 0 Å². The number of benzene rings is 2. The molecule has 2 N–H and O–H groups in total. The Morgan fingerprint density at radius 2 is 0.741 bits per heavy atom. The minimum Gasteiger partial charge on any atom is -0.480 e. The normalized spacial score (nSPS) is 11.8. The van der Waals surface area contributed by atoms with E-state index in [4.69, 9.17) is 14.6 Å². The molecule has 0 heterocycles. The van der Waals surface area contributed by atoms with E-state index in [2.05, 4.69) is 5.32 Å². The summed E-state index contributed by atoms with van der Waals surface area (Å²) in [6, 6.07) is 14.2. The lowest BCUT2D eigenvalue weighted by molar-refractivity contribution is -0.155. The minimum atomic E-state index is -1.32. The summed E-state index contributed by atoms with van der Waals surface area (Å²) in [5, 5.41) is 11.4.